The van der Waals surface area contributed by atoms with Crippen LogP contribution < -0.4 is 4.90 Å². The minimum absolute atomic E-state index is 0.347. The van der Waals surface area contributed by atoms with Crippen molar-refractivity contribution in [3.05, 3.63) is 54.6 Å². The second-order valence-electron chi connectivity index (χ2n) is 6.01. The van der Waals surface area contributed by atoms with Crippen LogP contribution in [0.2, 0.25) is 0 Å². The van der Waals surface area contributed by atoms with Crippen molar-refractivity contribution in [1.29, 1.82) is 0 Å². The summed E-state index contributed by atoms with van der Waals surface area (Å²) in [7, 11) is -3.27. The summed E-state index contributed by atoms with van der Waals surface area (Å²) in [5.74, 6) is 0. The van der Waals surface area contributed by atoms with Gasteiger partial charge in [-0.25, -0.2) is 8.42 Å². The maximum atomic E-state index is 12.7. The van der Waals surface area contributed by atoms with Crippen LogP contribution in [0.4, 0.5) is 6.01 Å². The van der Waals surface area contributed by atoms with Crippen LogP contribution >= 0.6 is 0 Å². The van der Waals surface area contributed by atoms with Crippen molar-refractivity contribution in [3.63, 3.8) is 0 Å². The molecule has 0 saturated carbocycles. The molecule has 0 radical (unpaired) electrons. The number of sulfone groups is 1. The highest BCUT2D eigenvalue weighted by molar-refractivity contribution is 7.92. The predicted octanol–water partition coefficient (Wildman–Crippen LogP) is 3.27. The summed E-state index contributed by atoms with van der Waals surface area (Å²) >= 11 is 0. The van der Waals surface area contributed by atoms with E-state index in [9.17, 15) is 8.42 Å². The van der Waals surface area contributed by atoms with Crippen molar-refractivity contribution < 1.29 is 12.8 Å². The zero-order valence-corrected chi connectivity index (χ0v) is 13.9. The van der Waals surface area contributed by atoms with E-state index in [4.69, 9.17) is 4.42 Å². The molecule has 1 fully saturated rings. The van der Waals surface area contributed by atoms with Gasteiger partial charge in [-0.1, -0.05) is 30.3 Å². The average molecular weight is 342 g/mol. The molecule has 5 nitrogen and oxygen atoms in total. The number of nitrogens with zero attached hydrogens (tertiary/aromatic N) is 2. The Hall–Kier alpha value is -2.34. The first-order chi connectivity index (χ1) is 11.6. The van der Waals surface area contributed by atoms with E-state index in [-0.39, 0.29) is 5.25 Å². The molecule has 0 amide bonds. The van der Waals surface area contributed by atoms with Gasteiger partial charge in [0.2, 0.25) is 0 Å². The molecule has 1 saturated heterocycles. The largest absolute Gasteiger partial charge is 0.423 e. The number of fused-ring (bicyclic) bond motifs is 1. The Labute approximate surface area is 140 Å². The molecule has 1 aromatic heterocycles. The average Bonchev–Trinajstić information content (AvgIpc) is 3.07. The fourth-order valence-electron chi connectivity index (χ4n) is 3.16. The molecular weight excluding hydrogens is 324 g/mol. The molecule has 2 heterocycles. The normalized spacial score (nSPS) is 16.6. The second kappa shape index (κ2) is 5.94. The molecule has 0 unspecified atom stereocenters. The standard InChI is InChI=1S/C18H18N2O3S/c21-24(22,14-6-2-1-3-7-14)15-10-12-20(13-11-15)18-19-16-8-4-5-9-17(16)23-18/h1-9,15H,10-13H2. The van der Waals surface area contributed by atoms with Crippen LogP contribution in [0, 0.1) is 0 Å². The maximum Gasteiger partial charge on any atom is 0.298 e. The van der Waals surface area contributed by atoms with Crippen LogP contribution in [0.1, 0.15) is 12.8 Å². The van der Waals surface area contributed by atoms with Gasteiger partial charge in [-0.05, 0) is 37.1 Å². The van der Waals surface area contributed by atoms with Crippen LogP contribution in [0.25, 0.3) is 11.1 Å². The maximum absolute atomic E-state index is 12.7. The summed E-state index contributed by atoms with van der Waals surface area (Å²) in [4.78, 5) is 6.92. The van der Waals surface area contributed by atoms with Crippen molar-refractivity contribution in [1.82, 2.24) is 4.98 Å². The third-order valence-corrected chi connectivity index (χ3v) is 6.78. The fourth-order valence-corrected chi connectivity index (χ4v) is 4.91. The Kier molecular flexibility index (Phi) is 3.76. The van der Waals surface area contributed by atoms with Gasteiger partial charge in [0.15, 0.2) is 15.4 Å². The fraction of sp³-hybridized carbons (Fsp3) is 0.278. The SMILES string of the molecule is O=S(=O)(c1ccccc1)C1CCN(c2nc3ccccc3o2)CC1. The van der Waals surface area contributed by atoms with E-state index in [2.05, 4.69) is 4.98 Å². The molecule has 4 rings (SSSR count). The summed E-state index contributed by atoms with van der Waals surface area (Å²) in [5.41, 5.74) is 1.58. The van der Waals surface area contributed by atoms with E-state index >= 15 is 0 Å². The topological polar surface area (TPSA) is 63.4 Å². The van der Waals surface area contributed by atoms with E-state index in [0.717, 1.165) is 11.1 Å². The number of benzene rings is 2. The Bertz CT molecular complexity index is 910. The van der Waals surface area contributed by atoms with Crippen LogP contribution in [-0.4, -0.2) is 31.7 Å². The molecular formula is C18H18N2O3S. The number of hydrogen-bond donors (Lipinski definition) is 0. The van der Waals surface area contributed by atoms with Crippen molar-refractivity contribution in [2.24, 2.45) is 0 Å². The van der Waals surface area contributed by atoms with Crippen LogP contribution in [0.15, 0.2) is 63.9 Å². The molecule has 0 atom stereocenters. The monoisotopic (exact) mass is 342 g/mol. The number of aromatic nitrogens is 1. The van der Waals surface area contributed by atoms with E-state index in [0.29, 0.717) is 36.8 Å². The molecule has 24 heavy (non-hydrogen) atoms. The summed E-state index contributed by atoms with van der Waals surface area (Å²) < 4.78 is 31.2. The van der Waals surface area contributed by atoms with Gasteiger partial charge >= 0.3 is 0 Å². The van der Waals surface area contributed by atoms with Crippen molar-refractivity contribution in [2.45, 2.75) is 23.0 Å². The molecule has 0 aliphatic carbocycles. The van der Waals surface area contributed by atoms with Gasteiger partial charge in [0.25, 0.3) is 6.01 Å². The molecule has 124 valence electrons. The van der Waals surface area contributed by atoms with Gasteiger partial charge in [0.1, 0.15) is 5.52 Å². The summed E-state index contributed by atoms with van der Waals surface area (Å²) in [6.07, 6.45) is 1.16. The minimum Gasteiger partial charge on any atom is -0.423 e. The zero-order chi connectivity index (χ0) is 16.6. The van der Waals surface area contributed by atoms with Crippen molar-refractivity contribution in [2.75, 3.05) is 18.0 Å². The Balaban J connectivity index is 1.50. The van der Waals surface area contributed by atoms with Crippen LogP contribution in [0.5, 0.6) is 0 Å². The van der Waals surface area contributed by atoms with Gasteiger partial charge in [-0.3, -0.25) is 0 Å². The third-order valence-electron chi connectivity index (χ3n) is 4.51. The van der Waals surface area contributed by atoms with Crippen LogP contribution in [-0.2, 0) is 9.84 Å². The summed E-state index contributed by atoms with van der Waals surface area (Å²) in [5, 5.41) is -0.347. The number of piperidine rings is 1. The first-order valence-electron chi connectivity index (χ1n) is 8.04. The van der Waals surface area contributed by atoms with E-state index < -0.39 is 9.84 Å². The highest BCUT2D eigenvalue weighted by Crippen LogP contribution is 2.28. The number of anilines is 1. The number of oxazole rings is 1. The molecule has 2 aromatic carbocycles. The molecule has 1 aliphatic rings. The second-order valence-corrected chi connectivity index (χ2v) is 8.24. The quantitative estimate of drug-likeness (QED) is 0.731. The van der Waals surface area contributed by atoms with Gasteiger partial charge in [-0.2, -0.15) is 4.98 Å². The highest BCUT2D eigenvalue weighted by Gasteiger charge is 2.32. The Morgan fingerprint density at radius 1 is 0.958 bits per heavy atom. The highest BCUT2D eigenvalue weighted by atomic mass is 32.2. The summed E-state index contributed by atoms with van der Waals surface area (Å²) in [6.45, 7) is 1.26. The molecule has 0 bridgehead atoms. The van der Waals surface area contributed by atoms with E-state index in [1.165, 1.54) is 0 Å². The van der Waals surface area contributed by atoms with E-state index in [1.54, 1.807) is 24.3 Å². The Morgan fingerprint density at radius 2 is 1.62 bits per heavy atom. The van der Waals surface area contributed by atoms with Gasteiger partial charge in [0.05, 0.1) is 10.1 Å². The smallest absolute Gasteiger partial charge is 0.298 e. The molecule has 1 aliphatic heterocycles. The van der Waals surface area contributed by atoms with Gasteiger partial charge < -0.3 is 9.32 Å². The lowest BCUT2D eigenvalue weighted by Gasteiger charge is -2.30. The minimum atomic E-state index is -3.27. The zero-order valence-electron chi connectivity index (χ0n) is 13.1. The van der Waals surface area contributed by atoms with Gasteiger partial charge in [-0.15, -0.1) is 0 Å². The first kappa shape index (κ1) is 15.2. The van der Waals surface area contributed by atoms with Crippen LogP contribution in [0.3, 0.4) is 0 Å². The predicted molar refractivity (Wildman–Crippen MR) is 92.9 cm³/mol. The lowest BCUT2D eigenvalue weighted by atomic mass is 10.1. The first-order valence-corrected chi connectivity index (χ1v) is 9.59. The Morgan fingerprint density at radius 3 is 2.33 bits per heavy atom. The van der Waals surface area contributed by atoms with Crippen molar-refractivity contribution in [3.8, 4) is 0 Å². The molecule has 0 spiro atoms. The van der Waals surface area contributed by atoms with E-state index in [1.807, 2.05) is 35.2 Å². The van der Waals surface area contributed by atoms with Crippen molar-refractivity contribution >= 4 is 27.0 Å². The molecule has 3 aromatic rings. The number of rotatable bonds is 3. The number of para-hydroxylation sites is 2. The molecule has 6 heteroatoms. The summed E-state index contributed by atoms with van der Waals surface area (Å²) in [6, 6.07) is 16.9. The lowest BCUT2D eigenvalue weighted by Crippen LogP contribution is -2.39. The molecule has 0 N–H and O–H groups in total. The number of hydrogen-bond acceptors (Lipinski definition) is 5. The van der Waals surface area contributed by atoms with Gasteiger partial charge in [0, 0.05) is 13.1 Å². The third kappa shape index (κ3) is 2.67. The lowest BCUT2D eigenvalue weighted by molar-refractivity contribution is 0.494.